The van der Waals surface area contributed by atoms with E-state index in [0.29, 0.717) is 24.9 Å². The maximum absolute atomic E-state index is 12.6. The molecule has 2 fully saturated rings. The van der Waals surface area contributed by atoms with Crippen molar-refractivity contribution in [3.63, 3.8) is 0 Å². The fourth-order valence-corrected chi connectivity index (χ4v) is 5.33. The number of piperidine rings is 1. The number of hydrogen-bond donors (Lipinski definition) is 1. The van der Waals surface area contributed by atoms with E-state index >= 15 is 0 Å². The predicted molar refractivity (Wildman–Crippen MR) is 69.3 cm³/mol. The van der Waals surface area contributed by atoms with Crippen LogP contribution in [-0.2, 0) is 10.0 Å². The minimum absolute atomic E-state index is 0.150. The molecular formula is C12H24N2O2S. The second-order valence-corrected chi connectivity index (χ2v) is 7.95. The molecule has 1 N–H and O–H groups in total. The highest BCUT2D eigenvalue weighted by molar-refractivity contribution is 7.89. The Balaban J connectivity index is 2.19. The second kappa shape index (κ2) is 4.86. The van der Waals surface area contributed by atoms with Crippen molar-refractivity contribution in [2.45, 2.75) is 44.9 Å². The van der Waals surface area contributed by atoms with Gasteiger partial charge in [0.25, 0.3) is 0 Å². The van der Waals surface area contributed by atoms with Gasteiger partial charge in [0.15, 0.2) is 0 Å². The van der Waals surface area contributed by atoms with Crippen LogP contribution in [0.1, 0.15) is 33.6 Å². The lowest BCUT2D eigenvalue weighted by Crippen LogP contribution is -2.52. The van der Waals surface area contributed by atoms with Gasteiger partial charge in [0.1, 0.15) is 0 Å². The first-order valence-corrected chi connectivity index (χ1v) is 8.14. The van der Waals surface area contributed by atoms with Crippen LogP contribution < -0.4 is 5.32 Å². The SMILES string of the molecule is CC1CC(C)C(C)N(S(=O)(=O)C2CCNC2)C1. The lowest BCUT2D eigenvalue weighted by molar-refractivity contribution is 0.156. The Morgan fingerprint density at radius 3 is 2.53 bits per heavy atom. The van der Waals surface area contributed by atoms with E-state index in [4.69, 9.17) is 0 Å². The standard InChI is InChI=1S/C12H24N2O2S/c1-9-6-10(2)11(3)14(8-9)17(15,16)12-4-5-13-7-12/h9-13H,4-8H2,1-3H3. The van der Waals surface area contributed by atoms with E-state index in [1.165, 1.54) is 0 Å². The van der Waals surface area contributed by atoms with Crippen LogP contribution >= 0.6 is 0 Å². The summed E-state index contributed by atoms with van der Waals surface area (Å²) in [6.07, 6.45) is 1.89. The van der Waals surface area contributed by atoms with Crippen LogP contribution in [0.15, 0.2) is 0 Å². The van der Waals surface area contributed by atoms with E-state index in [0.717, 1.165) is 19.4 Å². The van der Waals surface area contributed by atoms with Gasteiger partial charge in [-0.2, -0.15) is 4.31 Å². The number of hydrogen-bond acceptors (Lipinski definition) is 3. The van der Waals surface area contributed by atoms with Gasteiger partial charge in [0.2, 0.25) is 10.0 Å². The third-order valence-electron chi connectivity index (χ3n) is 4.31. The molecule has 5 heteroatoms. The molecule has 4 nitrogen and oxygen atoms in total. The van der Waals surface area contributed by atoms with E-state index < -0.39 is 10.0 Å². The Hall–Kier alpha value is -0.130. The molecule has 2 rings (SSSR count). The molecule has 2 aliphatic heterocycles. The molecule has 4 unspecified atom stereocenters. The molecule has 0 aromatic carbocycles. The second-order valence-electron chi connectivity index (χ2n) is 5.79. The first-order valence-electron chi connectivity index (χ1n) is 6.64. The fraction of sp³-hybridized carbons (Fsp3) is 1.00. The van der Waals surface area contributed by atoms with E-state index in [1.54, 1.807) is 4.31 Å². The summed E-state index contributed by atoms with van der Waals surface area (Å²) >= 11 is 0. The van der Waals surface area contributed by atoms with Crippen molar-refractivity contribution >= 4 is 10.0 Å². The van der Waals surface area contributed by atoms with Crippen LogP contribution in [0.25, 0.3) is 0 Å². The molecule has 4 atom stereocenters. The summed E-state index contributed by atoms with van der Waals surface area (Å²) < 4.78 is 26.9. The van der Waals surface area contributed by atoms with Gasteiger partial charge in [-0.1, -0.05) is 13.8 Å². The number of sulfonamides is 1. The highest BCUT2D eigenvalue weighted by Crippen LogP contribution is 2.31. The van der Waals surface area contributed by atoms with Crippen molar-refractivity contribution in [1.82, 2.24) is 9.62 Å². The summed E-state index contributed by atoms with van der Waals surface area (Å²) in [5.41, 5.74) is 0. The molecule has 100 valence electrons. The van der Waals surface area contributed by atoms with E-state index in [9.17, 15) is 8.42 Å². The van der Waals surface area contributed by atoms with E-state index in [-0.39, 0.29) is 11.3 Å². The summed E-state index contributed by atoms with van der Waals surface area (Å²) in [5, 5.41) is 2.94. The Labute approximate surface area is 105 Å². The molecule has 0 saturated carbocycles. The minimum atomic E-state index is -3.11. The van der Waals surface area contributed by atoms with Gasteiger partial charge in [-0.25, -0.2) is 8.42 Å². The van der Waals surface area contributed by atoms with Crippen LogP contribution in [0.4, 0.5) is 0 Å². The van der Waals surface area contributed by atoms with Gasteiger partial charge < -0.3 is 5.32 Å². The first kappa shape index (κ1) is 13.3. The van der Waals surface area contributed by atoms with Gasteiger partial charge >= 0.3 is 0 Å². The maximum atomic E-state index is 12.6. The van der Waals surface area contributed by atoms with Crippen molar-refractivity contribution in [2.75, 3.05) is 19.6 Å². The Morgan fingerprint density at radius 2 is 1.94 bits per heavy atom. The lowest BCUT2D eigenvalue weighted by Gasteiger charge is -2.41. The smallest absolute Gasteiger partial charge is 0.218 e. The van der Waals surface area contributed by atoms with E-state index in [2.05, 4.69) is 26.1 Å². The Kier molecular flexibility index (Phi) is 3.80. The normalized spacial score (nSPS) is 40.6. The Bertz CT molecular complexity index is 363. The third-order valence-corrected chi connectivity index (χ3v) is 6.69. The number of rotatable bonds is 2. The molecule has 0 aliphatic carbocycles. The van der Waals surface area contributed by atoms with Gasteiger partial charge in [0, 0.05) is 19.1 Å². The summed E-state index contributed by atoms with van der Waals surface area (Å²) in [6.45, 7) is 8.51. The molecule has 0 bridgehead atoms. The van der Waals surface area contributed by atoms with Crippen LogP contribution in [0.5, 0.6) is 0 Å². The van der Waals surface area contributed by atoms with Gasteiger partial charge in [-0.15, -0.1) is 0 Å². The highest BCUT2D eigenvalue weighted by Gasteiger charge is 2.41. The fourth-order valence-electron chi connectivity index (χ4n) is 3.07. The Morgan fingerprint density at radius 1 is 1.24 bits per heavy atom. The van der Waals surface area contributed by atoms with Crippen LogP contribution in [-0.4, -0.2) is 43.6 Å². The molecule has 0 aromatic rings. The zero-order chi connectivity index (χ0) is 12.6. The minimum Gasteiger partial charge on any atom is -0.315 e. The molecule has 2 heterocycles. The lowest BCUT2D eigenvalue weighted by atomic mass is 9.88. The molecular weight excluding hydrogens is 236 g/mol. The topological polar surface area (TPSA) is 49.4 Å². The van der Waals surface area contributed by atoms with E-state index in [1.807, 2.05) is 0 Å². The molecule has 0 amide bonds. The zero-order valence-electron chi connectivity index (χ0n) is 11.0. The average molecular weight is 260 g/mol. The maximum Gasteiger partial charge on any atom is 0.218 e. The molecule has 0 radical (unpaired) electrons. The summed E-state index contributed by atoms with van der Waals surface area (Å²) in [4.78, 5) is 0. The molecule has 0 aromatic heterocycles. The van der Waals surface area contributed by atoms with Crippen molar-refractivity contribution in [2.24, 2.45) is 11.8 Å². The summed E-state index contributed by atoms with van der Waals surface area (Å²) in [7, 11) is -3.11. The van der Waals surface area contributed by atoms with Gasteiger partial charge in [-0.05, 0) is 38.1 Å². The average Bonchev–Trinajstić information content (AvgIpc) is 2.76. The summed E-state index contributed by atoms with van der Waals surface area (Å²) in [5.74, 6) is 0.938. The molecule has 17 heavy (non-hydrogen) atoms. The number of nitrogens with zero attached hydrogens (tertiary/aromatic N) is 1. The van der Waals surface area contributed by atoms with Crippen molar-refractivity contribution in [3.8, 4) is 0 Å². The summed E-state index contributed by atoms with van der Waals surface area (Å²) in [6, 6.07) is 0.150. The molecule has 0 spiro atoms. The quantitative estimate of drug-likeness (QED) is 0.807. The van der Waals surface area contributed by atoms with Crippen molar-refractivity contribution in [3.05, 3.63) is 0 Å². The van der Waals surface area contributed by atoms with Crippen LogP contribution in [0.2, 0.25) is 0 Å². The molecule has 2 aliphatic rings. The third kappa shape index (κ3) is 2.51. The zero-order valence-corrected chi connectivity index (χ0v) is 11.8. The molecule has 2 saturated heterocycles. The highest BCUT2D eigenvalue weighted by atomic mass is 32.2. The van der Waals surface area contributed by atoms with Gasteiger partial charge in [-0.3, -0.25) is 0 Å². The number of nitrogens with one attached hydrogen (secondary N) is 1. The largest absolute Gasteiger partial charge is 0.315 e. The van der Waals surface area contributed by atoms with Crippen molar-refractivity contribution < 1.29 is 8.42 Å². The van der Waals surface area contributed by atoms with Crippen molar-refractivity contribution in [1.29, 1.82) is 0 Å². The monoisotopic (exact) mass is 260 g/mol. The van der Waals surface area contributed by atoms with Crippen LogP contribution in [0.3, 0.4) is 0 Å². The first-order chi connectivity index (χ1) is 7.93. The van der Waals surface area contributed by atoms with Crippen LogP contribution in [0, 0.1) is 11.8 Å². The van der Waals surface area contributed by atoms with Gasteiger partial charge in [0.05, 0.1) is 5.25 Å². The predicted octanol–water partition coefficient (Wildman–Crippen LogP) is 1.04.